The molecule has 1 aliphatic heterocycles. The summed E-state index contributed by atoms with van der Waals surface area (Å²) in [5, 5.41) is 11.1. The van der Waals surface area contributed by atoms with Gasteiger partial charge in [-0.05, 0) is 32.0 Å². The summed E-state index contributed by atoms with van der Waals surface area (Å²) in [6.07, 6.45) is 3.83. The van der Waals surface area contributed by atoms with E-state index in [1.54, 1.807) is 36.7 Å². The number of nitrogens with two attached hydrogens (primary N) is 1. The van der Waals surface area contributed by atoms with E-state index in [1.807, 2.05) is 64.1 Å². The van der Waals surface area contributed by atoms with E-state index in [0.717, 1.165) is 16.7 Å². The first-order chi connectivity index (χ1) is 18.7. The third kappa shape index (κ3) is 5.75. The van der Waals surface area contributed by atoms with E-state index in [4.69, 9.17) is 14.6 Å². The fourth-order valence-corrected chi connectivity index (χ4v) is 4.93. The van der Waals surface area contributed by atoms with Crippen molar-refractivity contribution in [1.82, 2.24) is 20.1 Å². The summed E-state index contributed by atoms with van der Waals surface area (Å²) in [5.41, 5.74) is 5.84. The van der Waals surface area contributed by atoms with E-state index < -0.39 is 11.3 Å². The van der Waals surface area contributed by atoms with Crippen molar-refractivity contribution < 1.29 is 24.6 Å². The van der Waals surface area contributed by atoms with Crippen molar-refractivity contribution in [3.8, 4) is 17.1 Å². The first-order valence-electron chi connectivity index (χ1n) is 12.6. The number of amides is 2. The molecule has 0 bridgehead atoms. The van der Waals surface area contributed by atoms with Crippen LogP contribution in [0.4, 0.5) is 5.13 Å². The minimum Gasteiger partial charge on any atom is -0.391 e. The Morgan fingerprint density at radius 2 is 1.97 bits per heavy atom. The van der Waals surface area contributed by atoms with Gasteiger partial charge in [0, 0.05) is 36.2 Å². The molecule has 0 spiro atoms. The average Bonchev–Trinajstić information content (AvgIpc) is 3.45. The molecule has 0 aliphatic carbocycles. The number of carbonyl (C=O) groups is 2. The highest BCUT2D eigenvalue weighted by Crippen LogP contribution is 2.48. The molecule has 39 heavy (non-hydrogen) atoms. The quantitative estimate of drug-likeness (QED) is 0.390. The Morgan fingerprint density at radius 1 is 1.23 bits per heavy atom. The van der Waals surface area contributed by atoms with E-state index in [9.17, 15) is 9.59 Å². The normalized spacial score (nSPS) is 15.2. The minimum absolute atomic E-state index is 0.0379. The van der Waals surface area contributed by atoms with Gasteiger partial charge in [0.25, 0.3) is 5.91 Å². The van der Waals surface area contributed by atoms with Crippen LogP contribution in [0.3, 0.4) is 0 Å². The van der Waals surface area contributed by atoms with Gasteiger partial charge in [0.15, 0.2) is 0 Å². The number of pyridine rings is 1. The molecule has 204 valence electrons. The Balaban J connectivity index is 1.75. The fraction of sp³-hybridized carbons (Fsp3) is 0.321. The predicted molar refractivity (Wildman–Crippen MR) is 149 cm³/mol. The highest BCUT2D eigenvalue weighted by atomic mass is 32.1. The molecule has 4 rings (SSSR count). The number of nitrogens with zero attached hydrogens (tertiary/aromatic N) is 4. The molecule has 3 aromatic rings. The molecule has 11 heteroatoms. The third-order valence-corrected chi connectivity index (χ3v) is 7.32. The molecule has 3 heterocycles. The van der Waals surface area contributed by atoms with Crippen LogP contribution in [0.15, 0.2) is 65.5 Å². The zero-order chi connectivity index (χ0) is 28.2. The van der Waals surface area contributed by atoms with Gasteiger partial charge in [-0.3, -0.25) is 9.59 Å². The molecular weight excluding hydrogens is 516 g/mol. The van der Waals surface area contributed by atoms with Gasteiger partial charge < -0.3 is 15.0 Å². The summed E-state index contributed by atoms with van der Waals surface area (Å²) in [4.78, 5) is 37.9. The number of carbonyl (C=O) groups excluding carboxylic acids is 2. The molecule has 3 N–H and O–H groups in total. The molecule has 1 atom stereocenters. The van der Waals surface area contributed by atoms with Gasteiger partial charge in [-0.2, -0.15) is 0 Å². The average molecular weight is 550 g/mol. The van der Waals surface area contributed by atoms with Gasteiger partial charge in [-0.1, -0.05) is 55.5 Å². The fourth-order valence-electron chi connectivity index (χ4n) is 4.49. The van der Waals surface area contributed by atoms with Crippen molar-refractivity contribution in [3.63, 3.8) is 0 Å². The number of benzene rings is 1. The SMILES string of the molecule is C/C=C\C1=C([NH2+]OC)Oc2nc(-c3ccc(C(=O)N(C)CC)cc3)ccc2C1C(C)(C)C(=O)Nc1nncs1. The minimum atomic E-state index is -0.928. The molecule has 0 fully saturated rings. The molecule has 10 nitrogen and oxygen atoms in total. The number of anilines is 1. The van der Waals surface area contributed by atoms with Crippen molar-refractivity contribution in [2.24, 2.45) is 5.41 Å². The first-order valence-corrected chi connectivity index (χ1v) is 13.4. The molecule has 1 aromatic carbocycles. The highest BCUT2D eigenvalue weighted by Gasteiger charge is 2.46. The van der Waals surface area contributed by atoms with Crippen LogP contribution in [-0.2, 0) is 9.63 Å². The largest absolute Gasteiger partial charge is 0.391 e. The maximum absolute atomic E-state index is 13.5. The van der Waals surface area contributed by atoms with Crippen LogP contribution in [0, 0.1) is 5.41 Å². The Labute approximate surface area is 231 Å². The number of quaternary nitrogens is 1. The lowest BCUT2D eigenvalue weighted by molar-refractivity contribution is -0.867. The van der Waals surface area contributed by atoms with Crippen LogP contribution in [0.2, 0.25) is 0 Å². The zero-order valence-electron chi connectivity index (χ0n) is 22.9. The number of hydroxylamine groups is 1. The van der Waals surface area contributed by atoms with Crippen LogP contribution >= 0.6 is 11.3 Å². The summed E-state index contributed by atoms with van der Waals surface area (Å²) in [7, 11) is 3.32. The van der Waals surface area contributed by atoms with Gasteiger partial charge in [-0.25, -0.2) is 9.82 Å². The lowest BCUT2D eigenvalue weighted by Gasteiger charge is -2.36. The van der Waals surface area contributed by atoms with Crippen molar-refractivity contribution in [2.45, 2.75) is 33.6 Å². The Morgan fingerprint density at radius 3 is 2.59 bits per heavy atom. The van der Waals surface area contributed by atoms with E-state index >= 15 is 0 Å². The summed E-state index contributed by atoms with van der Waals surface area (Å²) < 4.78 is 6.24. The summed E-state index contributed by atoms with van der Waals surface area (Å²) in [5.74, 6) is 0.203. The van der Waals surface area contributed by atoms with Gasteiger partial charge in [0.05, 0.1) is 23.8 Å². The van der Waals surface area contributed by atoms with Crippen molar-refractivity contribution >= 4 is 28.3 Å². The number of fused-ring (bicyclic) bond motifs is 1. The lowest BCUT2D eigenvalue weighted by Crippen LogP contribution is -2.82. The van der Waals surface area contributed by atoms with Crippen LogP contribution in [0.25, 0.3) is 11.3 Å². The van der Waals surface area contributed by atoms with Gasteiger partial charge in [0.2, 0.25) is 16.9 Å². The number of aromatic nitrogens is 3. The zero-order valence-corrected chi connectivity index (χ0v) is 23.7. The van der Waals surface area contributed by atoms with Crippen LogP contribution < -0.4 is 15.5 Å². The standard InChI is InChI=1S/C28H32N6O4S/c1-7-9-19-22(28(3,4)26(36)31-27-32-29-16-39-27)20-14-15-21(30-23(20)38-24(19)33-37-6)17-10-12-18(13-11-17)25(35)34(5)8-2/h7,9-16,22,33H,8H2,1-6H3,(H,31,32,36)/p+1/b9-7-. The second kappa shape index (κ2) is 11.9. The molecule has 0 saturated carbocycles. The Kier molecular flexibility index (Phi) is 8.54. The van der Waals surface area contributed by atoms with Crippen molar-refractivity contribution in [2.75, 3.05) is 26.0 Å². The van der Waals surface area contributed by atoms with E-state index in [2.05, 4.69) is 15.5 Å². The van der Waals surface area contributed by atoms with E-state index in [-0.39, 0.29) is 11.8 Å². The van der Waals surface area contributed by atoms with Crippen molar-refractivity contribution in [1.29, 1.82) is 0 Å². The topological polar surface area (TPSA) is 123 Å². The first kappa shape index (κ1) is 28.1. The molecule has 1 unspecified atom stereocenters. The number of ether oxygens (including phenoxy) is 1. The van der Waals surface area contributed by atoms with Gasteiger partial charge in [0.1, 0.15) is 5.51 Å². The number of hydrogen-bond donors (Lipinski definition) is 2. The highest BCUT2D eigenvalue weighted by molar-refractivity contribution is 7.13. The Bertz CT molecular complexity index is 1400. The molecule has 0 saturated heterocycles. The molecule has 1 aliphatic rings. The second-order valence-electron chi connectivity index (χ2n) is 9.62. The van der Waals surface area contributed by atoms with Gasteiger partial charge in [-0.15, -0.1) is 15.7 Å². The van der Waals surface area contributed by atoms with E-state index in [0.29, 0.717) is 34.7 Å². The molecule has 2 aromatic heterocycles. The molecule has 2 amide bonds. The lowest BCUT2D eigenvalue weighted by atomic mass is 9.69. The second-order valence-corrected chi connectivity index (χ2v) is 10.4. The number of rotatable bonds is 9. The number of allylic oxidation sites excluding steroid dienone is 3. The van der Waals surface area contributed by atoms with Gasteiger partial charge >= 0.3 is 5.88 Å². The number of nitrogens with one attached hydrogen (secondary N) is 1. The van der Waals surface area contributed by atoms with Crippen LogP contribution in [0.1, 0.15) is 49.5 Å². The third-order valence-electron chi connectivity index (χ3n) is 6.71. The summed E-state index contributed by atoms with van der Waals surface area (Å²) in [6.45, 7) is 8.24. The predicted octanol–water partition coefficient (Wildman–Crippen LogP) is 3.75. The summed E-state index contributed by atoms with van der Waals surface area (Å²) in [6, 6.07) is 11.2. The molecule has 0 radical (unpaired) electrons. The van der Waals surface area contributed by atoms with Crippen molar-refractivity contribution in [3.05, 3.63) is 76.6 Å². The maximum Gasteiger partial charge on any atom is 0.332 e. The monoisotopic (exact) mass is 549 g/mol. The molecular formula is C28H33N6O4S+. The smallest absolute Gasteiger partial charge is 0.332 e. The summed E-state index contributed by atoms with van der Waals surface area (Å²) >= 11 is 1.26. The maximum atomic E-state index is 13.5. The Hall–Kier alpha value is -3.93. The van der Waals surface area contributed by atoms with Crippen LogP contribution in [0.5, 0.6) is 5.88 Å². The number of hydrogen-bond acceptors (Lipinski definition) is 8. The van der Waals surface area contributed by atoms with E-state index in [1.165, 1.54) is 16.8 Å². The van der Waals surface area contributed by atoms with Crippen LogP contribution in [-0.4, -0.2) is 52.6 Å².